The lowest BCUT2D eigenvalue weighted by Gasteiger charge is -2.18. The van der Waals surface area contributed by atoms with Crippen molar-refractivity contribution in [2.75, 3.05) is 13.2 Å². The van der Waals surface area contributed by atoms with E-state index in [1.807, 2.05) is 0 Å². The molecular weight excluding hydrogens is 853 g/mol. The highest BCUT2D eigenvalue weighted by atomic mass is 16.6. The van der Waals surface area contributed by atoms with Gasteiger partial charge in [-0.2, -0.15) is 0 Å². The van der Waals surface area contributed by atoms with Crippen molar-refractivity contribution in [2.45, 2.75) is 309 Å². The normalized spacial score (nSPS) is 12.4. The second-order valence-corrected chi connectivity index (χ2v) is 20.0. The number of unbranched alkanes of at least 4 members (excludes halogenated alkanes) is 35. The number of esters is 3. The van der Waals surface area contributed by atoms with Crippen molar-refractivity contribution in [1.29, 1.82) is 0 Å². The summed E-state index contributed by atoms with van der Waals surface area (Å²) in [4.78, 5) is 38.2. The average Bonchev–Trinajstić information content (AvgIpc) is 3.35. The van der Waals surface area contributed by atoms with Crippen LogP contribution < -0.4 is 0 Å². The summed E-state index contributed by atoms with van der Waals surface area (Å²) in [6.07, 6.45) is 72.0. The standard InChI is InChI=1S/C63H112O6/c1-4-7-10-13-16-19-22-25-28-30-31-33-35-38-41-44-47-50-53-56-62(65)68-59-60(58-67-61(64)55-52-49-46-43-40-37-34-27-24-21-18-15-12-9-6-3)69-63(66)57-54-51-48-45-42-39-36-32-29-26-23-20-17-14-11-8-5-2/h16,18-19,21-22,24-27,29,60H,4-15,17,20,23,28,30-59H2,1-3H3/b19-16-,21-18-,25-22-,27-24-,29-26-. The summed E-state index contributed by atoms with van der Waals surface area (Å²) in [5, 5.41) is 0. The predicted molar refractivity (Wildman–Crippen MR) is 298 cm³/mol. The number of ether oxygens (including phenoxy) is 3. The Morgan fingerprint density at radius 2 is 0.522 bits per heavy atom. The first-order valence-electron chi connectivity index (χ1n) is 29.8. The number of allylic oxidation sites excluding steroid dienone is 10. The Morgan fingerprint density at radius 1 is 0.290 bits per heavy atom. The smallest absolute Gasteiger partial charge is 0.306 e. The van der Waals surface area contributed by atoms with Crippen molar-refractivity contribution in [1.82, 2.24) is 0 Å². The highest BCUT2D eigenvalue weighted by Crippen LogP contribution is 2.16. The zero-order chi connectivity index (χ0) is 50.0. The lowest BCUT2D eigenvalue weighted by Crippen LogP contribution is -2.30. The molecule has 0 radical (unpaired) electrons. The monoisotopic (exact) mass is 965 g/mol. The number of hydrogen-bond donors (Lipinski definition) is 0. The molecule has 0 aromatic rings. The van der Waals surface area contributed by atoms with Gasteiger partial charge in [-0.05, 0) is 96.3 Å². The minimum atomic E-state index is -0.783. The summed E-state index contributed by atoms with van der Waals surface area (Å²) in [5.74, 6) is -0.887. The molecule has 400 valence electrons. The summed E-state index contributed by atoms with van der Waals surface area (Å²) in [6, 6.07) is 0. The number of hydrogen-bond acceptors (Lipinski definition) is 6. The van der Waals surface area contributed by atoms with Crippen LogP contribution in [-0.4, -0.2) is 37.2 Å². The van der Waals surface area contributed by atoms with Crippen LogP contribution >= 0.6 is 0 Å². The van der Waals surface area contributed by atoms with E-state index in [0.717, 1.165) is 64.2 Å². The van der Waals surface area contributed by atoms with Gasteiger partial charge in [0, 0.05) is 19.3 Å². The van der Waals surface area contributed by atoms with Crippen molar-refractivity contribution in [2.24, 2.45) is 0 Å². The molecule has 0 aromatic heterocycles. The third-order valence-corrected chi connectivity index (χ3v) is 13.0. The molecule has 0 fully saturated rings. The predicted octanol–water partition coefficient (Wildman–Crippen LogP) is 20.0. The van der Waals surface area contributed by atoms with Crippen LogP contribution in [0.1, 0.15) is 303 Å². The van der Waals surface area contributed by atoms with E-state index in [-0.39, 0.29) is 31.1 Å². The van der Waals surface area contributed by atoms with Crippen molar-refractivity contribution in [3.63, 3.8) is 0 Å². The molecule has 69 heavy (non-hydrogen) atoms. The second kappa shape index (κ2) is 57.7. The lowest BCUT2D eigenvalue weighted by molar-refractivity contribution is -0.167. The largest absolute Gasteiger partial charge is 0.462 e. The Balaban J connectivity index is 4.38. The van der Waals surface area contributed by atoms with Crippen LogP contribution in [-0.2, 0) is 28.6 Å². The molecule has 0 aliphatic rings. The first-order valence-corrected chi connectivity index (χ1v) is 29.8. The first kappa shape index (κ1) is 66.1. The van der Waals surface area contributed by atoms with Gasteiger partial charge in [0.25, 0.3) is 0 Å². The van der Waals surface area contributed by atoms with Crippen LogP contribution in [0.4, 0.5) is 0 Å². The fourth-order valence-electron chi connectivity index (χ4n) is 8.48. The summed E-state index contributed by atoms with van der Waals surface area (Å²) >= 11 is 0. The fourth-order valence-corrected chi connectivity index (χ4v) is 8.48. The zero-order valence-electron chi connectivity index (χ0n) is 45.8. The lowest BCUT2D eigenvalue weighted by atomic mass is 10.1. The Bertz CT molecular complexity index is 1250. The summed E-state index contributed by atoms with van der Waals surface area (Å²) in [7, 11) is 0. The minimum absolute atomic E-state index is 0.0804. The molecule has 0 aliphatic carbocycles. The van der Waals surface area contributed by atoms with E-state index in [1.165, 1.54) is 199 Å². The molecule has 0 N–H and O–H groups in total. The topological polar surface area (TPSA) is 78.9 Å². The number of rotatable bonds is 54. The van der Waals surface area contributed by atoms with Crippen LogP contribution in [0.15, 0.2) is 60.8 Å². The zero-order valence-corrected chi connectivity index (χ0v) is 45.8. The van der Waals surface area contributed by atoms with Crippen molar-refractivity contribution < 1.29 is 28.6 Å². The molecule has 0 heterocycles. The van der Waals surface area contributed by atoms with Gasteiger partial charge in [-0.3, -0.25) is 14.4 Å². The molecule has 1 atom stereocenters. The maximum Gasteiger partial charge on any atom is 0.306 e. The van der Waals surface area contributed by atoms with Gasteiger partial charge in [0.1, 0.15) is 13.2 Å². The number of carbonyl (C=O) groups is 3. The molecular formula is C63H112O6. The van der Waals surface area contributed by atoms with E-state index < -0.39 is 6.10 Å². The maximum absolute atomic E-state index is 12.9. The summed E-state index contributed by atoms with van der Waals surface area (Å²) in [6.45, 7) is 6.59. The maximum atomic E-state index is 12.9. The van der Waals surface area contributed by atoms with Gasteiger partial charge in [-0.1, -0.05) is 248 Å². The molecule has 0 saturated heterocycles. The highest BCUT2D eigenvalue weighted by Gasteiger charge is 2.19. The molecule has 0 saturated carbocycles. The van der Waals surface area contributed by atoms with E-state index in [0.29, 0.717) is 19.3 Å². The van der Waals surface area contributed by atoms with Crippen LogP contribution in [0.5, 0.6) is 0 Å². The van der Waals surface area contributed by atoms with Gasteiger partial charge in [0.05, 0.1) is 0 Å². The summed E-state index contributed by atoms with van der Waals surface area (Å²) < 4.78 is 16.9. The van der Waals surface area contributed by atoms with E-state index in [9.17, 15) is 14.4 Å². The van der Waals surface area contributed by atoms with Crippen LogP contribution in [0, 0.1) is 0 Å². The Morgan fingerprint density at radius 3 is 0.841 bits per heavy atom. The molecule has 0 aromatic carbocycles. The molecule has 6 nitrogen and oxygen atoms in total. The SMILES string of the molecule is CCCCC/C=C\C=C/CCCCCCCCCCCCC(=O)OCC(COC(=O)CCCCCCCC/C=C\C=C/CCCCC)OC(=O)CCCCCCCCC/C=C\CCCCCCCC. The quantitative estimate of drug-likeness (QED) is 0.0199. The van der Waals surface area contributed by atoms with Crippen molar-refractivity contribution in [3.05, 3.63) is 60.8 Å². The van der Waals surface area contributed by atoms with Gasteiger partial charge in [-0.15, -0.1) is 0 Å². The number of carbonyl (C=O) groups excluding carboxylic acids is 3. The Hall–Kier alpha value is -2.89. The van der Waals surface area contributed by atoms with Crippen LogP contribution in [0.2, 0.25) is 0 Å². The fraction of sp³-hybridized carbons (Fsp3) is 0.794. The van der Waals surface area contributed by atoms with Gasteiger partial charge in [0.15, 0.2) is 6.10 Å². The third-order valence-electron chi connectivity index (χ3n) is 13.0. The first-order chi connectivity index (χ1) is 34.0. The van der Waals surface area contributed by atoms with E-state index in [1.54, 1.807) is 0 Å². The molecule has 0 rings (SSSR count). The van der Waals surface area contributed by atoms with Crippen LogP contribution in [0.25, 0.3) is 0 Å². The van der Waals surface area contributed by atoms with Crippen molar-refractivity contribution in [3.8, 4) is 0 Å². The Kier molecular flexibility index (Phi) is 55.3. The van der Waals surface area contributed by atoms with Gasteiger partial charge in [0.2, 0.25) is 0 Å². The van der Waals surface area contributed by atoms with Crippen LogP contribution in [0.3, 0.4) is 0 Å². The molecule has 6 heteroatoms. The molecule has 0 bridgehead atoms. The summed E-state index contributed by atoms with van der Waals surface area (Å²) in [5.41, 5.74) is 0. The third kappa shape index (κ3) is 55.9. The second-order valence-electron chi connectivity index (χ2n) is 20.0. The molecule has 1 unspecified atom stereocenters. The minimum Gasteiger partial charge on any atom is -0.462 e. The van der Waals surface area contributed by atoms with Gasteiger partial charge in [-0.25, -0.2) is 0 Å². The van der Waals surface area contributed by atoms with E-state index in [2.05, 4.69) is 81.5 Å². The molecule has 0 spiro atoms. The Labute approximate surface area is 428 Å². The molecule has 0 aliphatic heterocycles. The highest BCUT2D eigenvalue weighted by molar-refractivity contribution is 5.71. The van der Waals surface area contributed by atoms with Gasteiger partial charge >= 0.3 is 17.9 Å². The van der Waals surface area contributed by atoms with E-state index in [4.69, 9.17) is 14.2 Å². The van der Waals surface area contributed by atoms with Gasteiger partial charge < -0.3 is 14.2 Å². The molecule has 0 amide bonds. The van der Waals surface area contributed by atoms with Crippen molar-refractivity contribution >= 4 is 17.9 Å². The average molecular weight is 966 g/mol. The van der Waals surface area contributed by atoms with E-state index >= 15 is 0 Å².